The minimum absolute atomic E-state index is 0.161. The van der Waals surface area contributed by atoms with Crippen LogP contribution in [0.15, 0.2) is 9.59 Å². The highest BCUT2D eigenvalue weighted by Gasteiger charge is 2.18. The Bertz CT molecular complexity index is 586. The number of nitrogens with two attached hydrogens (primary N) is 1. The van der Waals surface area contributed by atoms with Gasteiger partial charge in [0.15, 0.2) is 0 Å². The minimum atomic E-state index is -0.444. The highest BCUT2D eigenvalue weighted by molar-refractivity contribution is 5.29. The topological polar surface area (TPSA) is 104 Å². The van der Waals surface area contributed by atoms with Crippen LogP contribution in [0.4, 0.5) is 5.82 Å². The Morgan fingerprint density at radius 1 is 1.29 bits per heavy atom. The molecule has 0 aliphatic heterocycles. The van der Waals surface area contributed by atoms with Gasteiger partial charge in [-0.25, -0.2) is 9.48 Å². The predicted molar refractivity (Wildman–Crippen MR) is 79.4 cm³/mol. The summed E-state index contributed by atoms with van der Waals surface area (Å²) in [5.74, 6) is 0.161. The van der Waals surface area contributed by atoms with Crippen LogP contribution in [0.5, 0.6) is 0 Å². The van der Waals surface area contributed by atoms with Crippen molar-refractivity contribution in [1.29, 1.82) is 0 Å². The summed E-state index contributed by atoms with van der Waals surface area (Å²) in [5.41, 5.74) is 4.97. The van der Waals surface area contributed by atoms with Crippen molar-refractivity contribution in [1.82, 2.24) is 14.3 Å². The van der Waals surface area contributed by atoms with Crippen molar-refractivity contribution in [2.24, 2.45) is 19.8 Å². The van der Waals surface area contributed by atoms with Gasteiger partial charge in [-0.3, -0.25) is 9.36 Å². The molecular weight excluding hydrogens is 274 g/mol. The van der Waals surface area contributed by atoms with E-state index in [2.05, 4.69) is 10.4 Å². The molecule has 0 saturated heterocycles. The van der Waals surface area contributed by atoms with Gasteiger partial charge in [-0.05, 0) is 25.7 Å². The summed E-state index contributed by atoms with van der Waals surface area (Å²) in [5, 5.41) is 6.83. The first-order valence-electron chi connectivity index (χ1n) is 7.24. The third-order valence-electron chi connectivity index (χ3n) is 3.79. The Hall–Kier alpha value is -1.67. The van der Waals surface area contributed by atoms with Crippen LogP contribution in [0, 0.1) is 0 Å². The average Bonchev–Trinajstić information content (AvgIpc) is 2.48. The second kappa shape index (κ2) is 6.86. The van der Waals surface area contributed by atoms with Gasteiger partial charge in [-0.2, -0.15) is 0 Å². The number of ether oxygens (including phenoxy) is 1. The van der Waals surface area contributed by atoms with Gasteiger partial charge in [-0.15, -0.1) is 5.10 Å². The zero-order chi connectivity index (χ0) is 15.4. The molecule has 3 N–H and O–H groups in total. The van der Waals surface area contributed by atoms with Crippen molar-refractivity contribution >= 4 is 5.82 Å². The van der Waals surface area contributed by atoms with Crippen LogP contribution in [-0.4, -0.2) is 39.6 Å². The lowest BCUT2D eigenvalue weighted by Gasteiger charge is -2.26. The Morgan fingerprint density at radius 3 is 2.62 bits per heavy atom. The van der Waals surface area contributed by atoms with Crippen molar-refractivity contribution in [2.75, 3.05) is 18.5 Å². The first-order valence-corrected chi connectivity index (χ1v) is 7.24. The summed E-state index contributed by atoms with van der Waals surface area (Å²) in [6, 6.07) is 0.306. The number of aryl methyl sites for hydroxylation is 1. The normalized spacial score (nSPS) is 22.2. The summed E-state index contributed by atoms with van der Waals surface area (Å²) in [7, 11) is 2.94. The van der Waals surface area contributed by atoms with E-state index in [9.17, 15) is 9.59 Å². The maximum absolute atomic E-state index is 11.8. The fourth-order valence-electron chi connectivity index (χ4n) is 2.46. The molecule has 1 aromatic heterocycles. The van der Waals surface area contributed by atoms with Gasteiger partial charge in [0.2, 0.25) is 5.82 Å². The quantitative estimate of drug-likeness (QED) is 0.688. The molecule has 0 atom stereocenters. The van der Waals surface area contributed by atoms with Gasteiger partial charge < -0.3 is 15.8 Å². The first kappa shape index (κ1) is 15.7. The van der Waals surface area contributed by atoms with Gasteiger partial charge >= 0.3 is 5.69 Å². The van der Waals surface area contributed by atoms with Crippen LogP contribution < -0.4 is 22.3 Å². The molecule has 1 aromatic rings. The molecule has 1 aliphatic rings. The van der Waals surface area contributed by atoms with Crippen LogP contribution in [-0.2, 0) is 18.8 Å². The molecule has 118 valence electrons. The third-order valence-corrected chi connectivity index (χ3v) is 3.79. The van der Waals surface area contributed by atoms with Crippen molar-refractivity contribution in [2.45, 2.75) is 37.8 Å². The van der Waals surface area contributed by atoms with E-state index in [1.54, 1.807) is 0 Å². The molecule has 2 rings (SSSR count). The molecule has 1 saturated carbocycles. The van der Waals surface area contributed by atoms with E-state index < -0.39 is 11.2 Å². The zero-order valence-electron chi connectivity index (χ0n) is 12.5. The number of hydrogen-bond acceptors (Lipinski definition) is 6. The molecule has 8 nitrogen and oxygen atoms in total. The van der Waals surface area contributed by atoms with Gasteiger partial charge in [0.25, 0.3) is 5.56 Å². The third kappa shape index (κ3) is 3.92. The van der Waals surface area contributed by atoms with Crippen LogP contribution in [0.2, 0.25) is 0 Å². The molecule has 0 amide bonds. The van der Waals surface area contributed by atoms with E-state index in [1.165, 1.54) is 14.1 Å². The highest BCUT2D eigenvalue weighted by Crippen LogP contribution is 2.19. The molecular formula is C13H23N5O3. The van der Waals surface area contributed by atoms with Crippen molar-refractivity contribution < 1.29 is 4.74 Å². The Kier molecular flexibility index (Phi) is 5.13. The fourth-order valence-corrected chi connectivity index (χ4v) is 2.46. The number of nitrogens with zero attached hydrogens (tertiary/aromatic N) is 3. The Labute approximate surface area is 122 Å². The Balaban J connectivity index is 1.82. The zero-order valence-corrected chi connectivity index (χ0v) is 12.5. The Morgan fingerprint density at radius 2 is 1.95 bits per heavy atom. The second-order valence-corrected chi connectivity index (χ2v) is 5.45. The van der Waals surface area contributed by atoms with E-state index >= 15 is 0 Å². The number of anilines is 1. The largest absolute Gasteiger partial charge is 0.376 e. The summed E-state index contributed by atoms with van der Waals surface area (Å²) < 4.78 is 7.91. The maximum atomic E-state index is 11.8. The lowest BCUT2D eigenvalue weighted by atomic mass is 9.94. The summed E-state index contributed by atoms with van der Waals surface area (Å²) >= 11 is 0. The van der Waals surface area contributed by atoms with E-state index in [0.29, 0.717) is 19.2 Å². The number of rotatable bonds is 5. The highest BCUT2D eigenvalue weighted by atomic mass is 16.5. The summed E-state index contributed by atoms with van der Waals surface area (Å²) in [6.07, 6.45) is 4.23. The van der Waals surface area contributed by atoms with Crippen molar-refractivity contribution in [3.05, 3.63) is 20.8 Å². The van der Waals surface area contributed by atoms with E-state index in [-0.39, 0.29) is 11.9 Å². The molecule has 0 aromatic carbocycles. The molecule has 1 aliphatic carbocycles. The van der Waals surface area contributed by atoms with Crippen molar-refractivity contribution in [3.63, 3.8) is 0 Å². The van der Waals surface area contributed by atoms with Crippen LogP contribution in [0.25, 0.3) is 0 Å². The summed E-state index contributed by atoms with van der Waals surface area (Å²) in [4.78, 5) is 23.3. The van der Waals surface area contributed by atoms with Gasteiger partial charge in [-0.1, -0.05) is 0 Å². The summed E-state index contributed by atoms with van der Waals surface area (Å²) in [6.45, 7) is 0.969. The molecule has 0 radical (unpaired) electrons. The van der Waals surface area contributed by atoms with E-state index in [0.717, 1.165) is 34.9 Å². The molecule has 0 spiro atoms. The van der Waals surface area contributed by atoms with Crippen molar-refractivity contribution in [3.8, 4) is 0 Å². The average molecular weight is 297 g/mol. The second-order valence-electron chi connectivity index (χ2n) is 5.45. The van der Waals surface area contributed by atoms with Crippen LogP contribution in [0.1, 0.15) is 25.7 Å². The molecule has 8 heteroatoms. The molecule has 1 heterocycles. The van der Waals surface area contributed by atoms with E-state index in [4.69, 9.17) is 10.5 Å². The lowest BCUT2D eigenvalue weighted by molar-refractivity contribution is 0.0312. The first-order chi connectivity index (χ1) is 9.99. The molecule has 21 heavy (non-hydrogen) atoms. The SMILES string of the molecule is Cn1nc(NCCOC2CCC(N)CC2)c(=O)n(C)c1=O. The monoisotopic (exact) mass is 297 g/mol. The standard InChI is InChI=1S/C13H23N5O3/c1-17-12(19)11(16-18(2)13(17)20)15-7-8-21-10-5-3-9(14)4-6-10/h9-10H,3-8,14H2,1-2H3,(H,15,16). The number of hydrogen-bond donors (Lipinski definition) is 2. The number of aromatic nitrogens is 3. The van der Waals surface area contributed by atoms with Gasteiger partial charge in [0.05, 0.1) is 12.7 Å². The van der Waals surface area contributed by atoms with E-state index in [1.807, 2.05) is 0 Å². The minimum Gasteiger partial charge on any atom is -0.376 e. The predicted octanol–water partition coefficient (Wildman–Crippen LogP) is -0.823. The van der Waals surface area contributed by atoms with Gasteiger partial charge in [0.1, 0.15) is 0 Å². The van der Waals surface area contributed by atoms with Gasteiger partial charge in [0, 0.05) is 26.7 Å². The molecule has 0 bridgehead atoms. The molecule has 0 unspecified atom stereocenters. The maximum Gasteiger partial charge on any atom is 0.346 e. The fraction of sp³-hybridized carbons (Fsp3) is 0.769. The van der Waals surface area contributed by atoms with Crippen LogP contribution >= 0.6 is 0 Å². The molecule has 1 fully saturated rings. The van der Waals surface area contributed by atoms with Crippen LogP contribution in [0.3, 0.4) is 0 Å². The smallest absolute Gasteiger partial charge is 0.346 e. The number of nitrogens with one attached hydrogen (secondary N) is 1. The lowest BCUT2D eigenvalue weighted by Crippen LogP contribution is -2.40.